The van der Waals surface area contributed by atoms with Crippen molar-refractivity contribution in [2.24, 2.45) is 0 Å². The second kappa shape index (κ2) is 9.03. The predicted molar refractivity (Wildman–Crippen MR) is 115 cm³/mol. The van der Waals surface area contributed by atoms with Gasteiger partial charge in [-0.15, -0.1) is 21.5 Å². The maximum absolute atomic E-state index is 5.96. The van der Waals surface area contributed by atoms with Crippen LogP contribution in [0.15, 0.2) is 70.5 Å². The first kappa shape index (κ1) is 19.4. The van der Waals surface area contributed by atoms with E-state index < -0.39 is 0 Å². The average Bonchev–Trinajstić information content (AvgIpc) is 3.41. The van der Waals surface area contributed by atoms with Gasteiger partial charge in [0.2, 0.25) is 11.8 Å². The molecule has 4 aromatic rings. The van der Waals surface area contributed by atoms with Gasteiger partial charge in [0, 0.05) is 29.1 Å². The van der Waals surface area contributed by atoms with Crippen LogP contribution in [0.2, 0.25) is 0 Å². The molecule has 4 rings (SSSR count). The molecule has 29 heavy (non-hydrogen) atoms. The lowest BCUT2D eigenvalue weighted by Gasteiger charge is -2.21. The molecule has 0 spiro atoms. The van der Waals surface area contributed by atoms with Crippen molar-refractivity contribution in [2.75, 3.05) is 7.11 Å². The second-order valence-corrected chi connectivity index (χ2v) is 7.94. The van der Waals surface area contributed by atoms with Gasteiger partial charge in [-0.05, 0) is 36.6 Å². The molecule has 0 aliphatic carbocycles. The fourth-order valence-electron chi connectivity index (χ4n) is 3.19. The van der Waals surface area contributed by atoms with Gasteiger partial charge in [0.25, 0.3) is 0 Å². The molecule has 0 amide bonds. The smallest absolute Gasteiger partial charge is 0.247 e. The Balaban J connectivity index is 1.54. The van der Waals surface area contributed by atoms with Crippen molar-refractivity contribution in [1.82, 2.24) is 15.1 Å². The van der Waals surface area contributed by atoms with Crippen molar-refractivity contribution in [3.05, 3.63) is 87.9 Å². The molecule has 6 heteroatoms. The van der Waals surface area contributed by atoms with E-state index >= 15 is 0 Å². The normalized spacial score (nSPS) is 11.1. The first-order chi connectivity index (χ1) is 14.2. The Kier molecular flexibility index (Phi) is 6.03. The lowest BCUT2D eigenvalue weighted by atomic mass is 10.1. The summed E-state index contributed by atoms with van der Waals surface area (Å²) in [5.41, 5.74) is 3.26. The van der Waals surface area contributed by atoms with Crippen LogP contribution in [-0.4, -0.2) is 22.2 Å². The number of rotatable bonds is 8. The van der Waals surface area contributed by atoms with Gasteiger partial charge < -0.3 is 9.15 Å². The first-order valence-electron chi connectivity index (χ1n) is 9.47. The largest absolute Gasteiger partial charge is 0.496 e. The van der Waals surface area contributed by atoms with Crippen molar-refractivity contribution in [1.29, 1.82) is 0 Å². The summed E-state index contributed by atoms with van der Waals surface area (Å²) in [4.78, 5) is 3.58. The van der Waals surface area contributed by atoms with E-state index in [-0.39, 0.29) is 0 Å². The Morgan fingerprint density at radius 3 is 2.52 bits per heavy atom. The zero-order chi connectivity index (χ0) is 20.1. The van der Waals surface area contributed by atoms with Crippen LogP contribution in [0, 0.1) is 6.92 Å². The van der Waals surface area contributed by atoms with E-state index in [1.807, 2.05) is 42.5 Å². The molecule has 0 bridgehead atoms. The first-order valence-corrected chi connectivity index (χ1v) is 10.4. The van der Waals surface area contributed by atoms with Gasteiger partial charge in [0.15, 0.2) is 0 Å². The lowest BCUT2D eigenvalue weighted by molar-refractivity contribution is 0.222. The van der Waals surface area contributed by atoms with Crippen molar-refractivity contribution < 1.29 is 9.15 Å². The summed E-state index contributed by atoms with van der Waals surface area (Å²) in [6, 6.07) is 20.4. The molecule has 0 aliphatic heterocycles. The minimum absolute atomic E-state index is 0.549. The van der Waals surface area contributed by atoms with Crippen LogP contribution in [0.5, 0.6) is 5.75 Å². The maximum atomic E-state index is 5.96. The van der Waals surface area contributed by atoms with Gasteiger partial charge in [0.05, 0.1) is 13.7 Å². The second-order valence-electron chi connectivity index (χ2n) is 6.90. The maximum Gasteiger partial charge on any atom is 0.247 e. The number of benzene rings is 2. The minimum Gasteiger partial charge on any atom is -0.496 e. The molecule has 2 heterocycles. The Labute approximate surface area is 174 Å². The van der Waals surface area contributed by atoms with Crippen LogP contribution in [0.25, 0.3) is 11.5 Å². The van der Waals surface area contributed by atoms with Gasteiger partial charge in [-0.25, -0.2) is 0 Å². The van der Waals surface area contributed by atoms with Crippen molar-refractivity contribution in [2.45, 2.75) is 26.6 Å². The SMILES string of the molecule is COc1ccccc1CN(Cc1nnc(-c2ccc(C)cc2)o1)Cc1cccs1. The highest BCUT2D eigenvalue weighted by Crippen LogP contribution is 2.24. The zero-order valence-corrected chi connectivity index (χ0v) is 17.4. The van der Waals surface area contributed by atoms with E-state index in [0.29, 0.717) is 18.3 Å². The molecule has 0 saturated carbocycles. The van der Waals surface area contributed by atoms with E-state index in [2.05, 4.69) is 45.6 Å². The monoisotopic (exact) mass is 405 g/mol. The third-order valence-electron chi connectivity index (χ3n) is 4.67. The highest BCUT2D eigenvalue weighted by molar-refractivity contribution is 7.09. The number of methoxy groups -OCH3 is 1. The van der Waals surface area contributed by atoms with Crippen LogP contribution >= 0.6 is 11.3 Å². The van der Waals surface area contributed by atoms with Crippen molar-refractivity contribution in [3.8, 4) is 17.2 Å². The molecule has 0 N–H and O–H groups in total. The summed E-state index contributed by atoms with van der Waals surface area (Å²) < 4.78 is 11.5. The number of para-hydroxylation sites is 1. The summed E-state index contributed by atoms with van der Waals surface area (Å²) in [5, 5.41) is 10.6. The Morgan fingerprint density at radius 2 is 1.76 bits per heavy atom. The minimum atomic E-state index is 0.549. The standard InChI is InChI=1S/C23H23N3O2S/c1-17-9-11-18(12-10-17)23-25-24-22(28-23)16-26(15-20-7-5-13-29-20)14-19-6-3-4-8-21(19)27-2/h3-13H,14-16H2,1-2H3. The molecule has 0 saturated heterocycles. The number of aromatic nitrogens is 2. The highest BCUT2D eigenvalue weighted by Gasteiger charge is 2.16. The van der Waals surface area contributed by atoms with E-state index in [0.717, 1.165) is 30.0 Å². The Hall–Kier alpha value is -2.96. The molecule has 0 aliphatic rings. The predicted octanol–water partition coefficient (Wildman–Crippen LogP) is 5.32. The molecular weight excluding hydrogens is 382 g/mol. The molecule has 148 valence electrons. The number of thiophene rings is 1. The number of nitrogens with zero attached hydrogens (tertiary/aromatic N) is 3. The van der Waals surface area contributed by atoms with E-state index in [4.69, 9.17) is 9.15 Å². The summed E-state index contributed by atoms with van der Waals surface area (Å²) in [5.74, 6) is 2.04. The molecule has 2 aromatic heterocycles. The molecule has 5 nitrogen and oxygen atoms in total. The molecule has 0 unspecified atom stereocenters. The summed E-state index contributed by atoms with van der Waals surface area (Å²) >= 11 is 1.75. The van der Waals surface area contributed by atoms with Crippen LogP contribution in [0.4, 0.5) is 0 Å². The number of aryl methyl sites for hydroxylation is 1. The van der Waals surface area contributed by atoms with Crippen LogP contribution in [0.3, 0.4) is 0 Å². The van der Waals surface area contributed by atoms with E-state index in [1.54, 1.807) is 18.4 Å². The van der Waals surface area contributed by atoms with Crippen molar-refractivity contribution in [3.63, 3.8) is 0 Å². The number of hydrogen-bond acceptors (Lipinski definition) is 6. The lowest BCUT2D eigenvalue weighted by Crippen LogP contribution is -2.22. The molecule has 2 aromatic carbocycles. The van der Waals surface area contributed by atoms with Crippen LogP contribution in [-0.2, 0) is 19.6 Å². The molecule has 0 fully saturated rings. The van der Waals surface area contributed by atoms with Crippen LogP contribution < -0.4 is 4.74 Å². The Bertz CT molecular complexity index is 1040. The zero-order valence-electron chi connectivity index (χ0n) is 16.5. The topological polar surface area (TPSA) is 51.4 Å². The van der Waals surface area contributed by atoms with Gasteiger partial charge in [-0.1, -0.05) is 42.0 Å². The summed E-state index contributed by atoms with van der Waals surface area (Å²) in [6.45, 7) is 4.15. The number of hydrogen-bond donors (Lipinski definition) is 0. The number of ether oxygens (including phenoxy) is 1. The fraction of sp³-hybridized carbons (Fsp3) is 0.217. The fourth-order valence-corrected chi connectivity index (χ4v) is 3.93. The quantitative estimate of drug-likeness (QED) is 0.397. The Morgan fingerprint density at radius 1 is 0.931 bits per heavy atom. The van der Waals surface area contributed by atoms with Gasteiger partial charge in [-0.2, -0.15) is 0 Å². The highest BCUT2D eigenvalue weighted by atomic mass is 32.1. The summed E-state index contributed by atoms with van der Waals surface area (Å²) in [6.07, 6.45) is 0. The van der Waals surface area contributed by atoms with Crippen LogP contribution in [0.1, 0.15) is 21.9 Å². The average molecular weight is 406 g/mol. The van der Waals surface area contributed by atoms with E-state index in [1.165, 1.54) is 10.4 Å². The van der Waals surface area contributed by atoms with Gasteiger partial charge in [0.1, 0.15) is 5.75 Å². The third kappa shape index (κ3) is 4.91. The third-order valence-corrected chi connectivity index (χ3v) is 5.53. The summed E-state index contributed by atoms with van der Waals surface area (Å²) in [7, 11) is 1.70. The van der Waals surface area contributed by atoms with Gasteiger partial charge >= 0.3 is 0 Å². The van der Waals surface area contributed by atoms with Crippen molar-refractivity contribution >= 4 is 11.3 Å². The molecule has 0 atom stereocenters. The van der Waals surface area contributed by atoms with Gasteiger partial charge in [-0.3, -0.25) is 4.90 Å². The molecule has 0 radical (unpaired) electrons. The molecular formula is C23H23N3O2S. The van der Waals surface area contributed by atoms with E-state index in [9.17, 15) is 0 Å².